The first-order valence-electron chi connectivity index (χ1n) is 12.6. The third kappa shape index (κ3) is 6.61. The van der Waals surface area contributed by atoms with E-state index >= 15 is 0 Å². The molecule has 0 bridgehead atoms. The van der Waals surface area contributed by atoms with Crippen LogP contribution >= 0.6 is 0 Å². The third-order valence-corrected chi connectivity index (χ3v) is 5.58. The molecule has 1 unspecified atom stereocenters. The first-order valence-corrected chi connectivity index (χ1v) is 12.6. The van der Waals surface area contributed by atoms with Gasteiger partial charge in [0.05, 0.1) is 24.1 Å². The summed E-state index contributed by atoms with van der Waals surface area (Å²) in [5.74, 6) is -0.770. The van der Waals surface area contributed by atoms with Gasteiger partial charge in [-0.05, 0) is 78.5 Å². The maximum absolute atomic E-state index is 13.3. The molecule has 0 aliphatic carbocycles. The molecular weight excluding hydrogens is 490 g/mol. The van der Waals surface area contributed by atoms with Crippen molar-refractivity contribution >= 4 is 29.9 Å². The Labute approximate surface area is 223 Å². The van der Waals surface area contributed by atoms with Crippen LogP contribution in [0.2, 0.25) is 0 Å². The van der Waals surface area contributed by atoms with Gasteiger partial charge in [-0.2, -0.15) is 10.00 Å². The van der Waals surface area contributed by atoms with Crippen LogP contribution < -0.4 is 4.90 Å². The lowest BCUT2D eigenvalue weighted by Gasteiger charge is -2.30. The number of carbonyl (C=O) groups excluding carboxylic acids is 3. The molecule has 1 aromatic heterocycles. The van der Waals surface area contributed by atoms with E-state index in [9.17, 15) is 14.4 Å². The van der Waals surface area contributed by atoms with Crippen molar-refractivity contribution in [2.75, 3.05) is 18.6 Å². The number of nitrogens with zero attached hydrogens (tertiary/aromatic N) is 3. The SMILES string of the molecule is C=Cc1c(-c2ccnn2C2CCCCO2)ccc(N(C(=O)OC(C)(C)C)C(=O)OC(C)(C)C)c1C(=O)OC. The summed E-state index contributed by atoms with van der Waals surface area (Å²) in [6, 6.07) is 4.99. The molecule has 1 aromatic carbocycles. The predicted molar refractivity (Wildman–Crippen MR) is 143 cm³/mol. The second-order valence-electron chi connectivity index (χ2n) is 10.9. The molecule has 38 heavy (non-hydrogen) atoms. The van der Waals surface area contributed by atoms with Crippen molar-refractivity contribution < 1.29 is 33.3 Å². The van der Waals surface area contributed by atoms with E-state index in [0.717, 1.165) is 19.3 Å². The van der Waals surface area contributed by atoms with Gasteiger partial charge in [-0.15, -0.1) is 0 Å². The van der Waals surface area contributed by atoms with E-state index in [1.165, 1.54) is 19.3 Å². The number of aromatic nitrogens is 2. The number of amides is 2. The van der Waals surface area contributed by atoms with Crippen molar-refractivity contribution in [1.29, 1.82) is 0 Å². The molecule has 0 radical (unpaired) electrons. The Bertz CT molecular complexity index is 1170. The van der Waals surface area contributed by atoms with Crippen LogP contribution in [0.15, 0.2) is 31.0 Å². The van der Waals surface area contributed by atoms with Crippen LogP contribution in [-0.2, 0) is 18.9 Å². The summed E-state index contributed by atoms with van der Waals surface area (Å²) in [6.07, 6.45) is 3.66. The first-order chi connectivity index (χ1) is 17.8. The van der Waals surface area contributed by atoms with Gasteiger partial charge in [0, 0.05) is 18.4 Å². The van der Waals surface area contributed by atoms with Gasteiger partial charge in [-0.1, -0.05) is 18.7 Å². The summed E-state index contributed by atoms with van der Waals surface area (Å²) in [6.45, 7) is 14.6. The highest BCUT2D eigenvalue weighted by Gasteiger charge is 2.37. The second kappa shape index (κ2) is 11.4. The van der Waals surface area contributed by atoms with E-state index < -0.39 is 29.4 Å². The molecule has 0 N–H and O–H groups in total. The predicted octanol–water partition coefficient (Wildman–Crippen LogP) is 6.36. The number of imide groups is 1. The van der Waals surface area contributed by atoms with Crippen molar-refractivity contribution in [2.45, 2.75) is 78.2 Å². The molecule has 206 valence electrons. The smallest absolute Gasteiger partial charge is 0.424 e. The Morgan fingerprint density at radius 3 is 2.18 bits per heavy atom. The number of methoxy groups -OCH3 is 1. The van der Waals surface area contributed by atoms with Gasteiger partial charge in [0.1, 0.15) is 11.2 Å². The second-order valence-corrected chi connectivity index (χ2v) is 10.9. The highest BCUT2D eigenvalue weighted by molar-refractivity contribution is 6.15. The number of anilines is 1. The molecule has 1 aliphatic heterocycles. The van der Waals surface area contributed by atoms with E-state index in [-0.39, 0.29) is 17.5 Å². The molecular formula is C28H37N3O7. The average molecular weight is 528 g/mol. The van der Waals surface area contributed by atoms with Crippen molar-refractivity contribution in [3.8, 4) is 11.3 Å². The van der Waals surface area contributed by atoms with E-state index in [0.29, 0.717) is 28.3 Å². The van der Waals surface area contributed by atoms with Crippen LogP contribution in [0.25, 0.3) is 17.3 Å². The van der Waals surface area contributed by atoms with Crippen molar-refractivity contribution in [1.82, 2.24) is 9.78 Å². The van der Waals surface area contributed by atoms with Crippen LogP contribution in [0.5, 0.6) is 0 Å². The summed E-state index contributed by atoms with van der Waals surface area (Å²) >= 11 is 0. The van der Waals surface area contributed by atoms with Gasteiger partial charge < -0.3 is 18.9 Å². The Morgan fingerprint density at radius 2 is 1.68 bits per heavy atom. The maximum Gasteiger partial charge on any atom is 0.424 e. The van der Waals surface area contributed by atoms with Crippen LogP contribution in [-0.4, -0.2) is 52.9 Å². The van der Waals surface area contributed by atoms with E-state index in [1.54, 1.807) is 64.6 Å². The molecule has 1 aliphatic rings. The number of hydrogen-bond donors (Lipinski definition) is 0. The van der Waals surface area contributed by atoms with E-state index in [4.69, 9.17) is 18.9 Å². The number of benzene rings is 1. The Morgan fingerprint density at radius 1 is 1.05 bits per heavy atom. The van der Waals surface area contributed by atoms with Crippen molar-refractivity contribution in [3.63, 3.8) is 0 Å². The lowest BCUT2D eigenvalue weighted by molar-refractivity contribution is -0.0383. The normalized spacial score (nSPS) is 15.9. The fourth-order valence-electron chi connectivity index (χ4n) is 4.11. The van der Waals surface area contributed by atoms with Gasteiger partial charge in [-0.3, -0.25) is 0 Å². The van der Waals surface area contributed by atoms with Crippen LogP contribution in [0, 0.1) is 0 Å². The fourth-order valence-corrected chi connectivity index (χ4v) is 4.11. The molecule has 0 saturated carbocycles. The highest BCUT2D eigenvalue weighted by atomic mass is 16.6. The zero-order valence-electron chi connectivity index (χ0n) is 23.2. The number of hydrogen-bond acceptors (Lipinski definition) is 8. The van der Waals surface area contributed by atoms with Gasteiger partial charge in [0.15, 0.2) is 6.23 Å². The average Bonchev–Trinajstić information content (AvgIpc) is 3.31. The molecule has 0 spiro atoms. The summed E-state index contributed by atoms with van der Waals surface area (Å²) in [4.78, 5) is 40.5. The quantitative estimate of drug-likeness (QED) is 0.327. The summed E-state index contributed by atoms with van der Waals surface area (Å²) in [5, 5.41) is 4.46. The van der Waals surface area contributed by atoms with Crippen LogP contribution in [0.3, 0.4) is 0 Å². The molecule has 3 rings (SSSR count). The molecule has 2 heterocycles. The van der Waals surface area contributed by atoms with Gasteiger partial charge in [0.2, 0.25) is 0 Å². The van der Waals surface area contributed by atoms with Crippen LogP contribution in [0.1, 0.15) is 83.0 Å². The monoisotopic (exact) mass is 527 g/mol. The van der Waals surface area contributed by atoms with E-state index in [2.05, 4.69) is 11.7 Å². The van der Waals surface area contributed by atoms with Gasteiger partial charge >= 0.3 is 18.2 Å². The molecule has 2 aromatic rings. The largest absolute Gasteiger partial charge is 0.465 e. The zero-order valence-corrected chi connectivity index (χ0v) is 23.2. The Hall–Kier alpha value is -3.66. The van der Waals surface area contributed by atoms with Gasteiger partial charge in [-0.25, -0.2) is 19.1 Å². The summed E-state index contributed by atoms with van der Waals surface area (Å²) in [5.41, 5.74) is -0.307. The maximum atomic E-state index is 13.3. The molecule has 10 heteroatoms. The van der Waals surface area contributed by atoms with Gasteiger partial charge in [0.25, 0.3) is 0 Å². The minimum Gasteiger partial charge on any atom is -0.465 e. The van der Waals surface area contributed by atoms with Crippen molar-refractivity contribution in [2.24, 2.45) is 0 Å². The summed E-state index contributed by atoms with van der Waals surface area (Å²) < 4.78 is 23.8. The summed E-state index contributed by atoms with van der Waals surface area (Å²) in [7, 11) is 1.22. The van der Waals surface area contributed by atoms with Crippen molar-refractivity contribution in [3.05, 3.63) is 42.1 Å². The number of rotatable bonds is 5. The highest BCUT2D eigenvalue weighted by Crippen LogP contribution is 2.37. The standard InChI is InChI=1S/C28H37N3O7/c1-9-18-19(20-15-16-29-31(20)22-12-10-11-17-36-22)13-14-21(23(18)24(32)35-8)30(25(33)37-27(2,3)4)26(34)38-28(5,6)7/h9,13-16,22H,1,10-12,17H2,2-8H3. The Balaban J connectivity index is 2.23. The zero-order chi connectivity index (χ0) is 28.3. The van der Waals surface area contributed by atoms with Crippen LogP contribution in [0.4, 0.5) is 15.3 Å². The minimum atomic E-state index is -1.000. The fraction of sp³-hybridized carbons (Fsp3) is 0.500. The molecule has 1 fully saturated rings. The number of esters is 1. The van der Waals surface area contributed by atoms with E-state index in [1.807, 2.05) is 0 Å². The lowest BCUT2D eigenvalue weighted by Crippen LogP contribution is -2.44. The lowest BCUT2D eigenvalue weighted by atomic mass is 9.96. The molecule has 1 saturated heterocycles. The third-order valence-electron chi connectivity index (χ3n) is 5.58. The molecule has 1 atom stereocenters. The number of carbonyl (C=O) groups is 3. The molecule has 10 nitrogen and oxygen atoms in total. The topological polar surface area (TPSA) is 109 Å². The first kappa shape index (κ1) is 28.9. The number of ether oxygens (including phenoxy) is 4. The molecule has 2 amide bonds. The Kier molecular flexibility index (Phi) is 8.66. The minimum absolute atomic E-state index is 0.0472.